The van der Waals surface area contributed by atoms with Crippen molar-refractivity contribution in [1.29, 1.82) is 0 Å². The molecule has 2 heterocycles. The molecule has 4 amide bonds. The number of hydrogen-bond acceptors (Lipinski definition) is 4. The zero-order chi connectivity index (χ0) is 22.3. The van der Waals surface area contributed by atoms with Crippen molar-refractivity contribution in [3.63, 3.8) is 0 Å². The topological polar surface area (TPSA) is 81.8 Å². The molecule has 2 atom stereocenters. The standard InChI is InChI=1S/C25H28N4O3/c1-17-6-4-5-14-25(17)23(31)29(24(32)27-25)16-22(30)26-19-9-11-20(12-10-19)28-15-13-18-7-2-3-8-21(18)28/h2-3,7-12,17H,4-6,13-16H2,1H3,(H,26,30)(H,27,32). The summed E-state index contributed by atoms with van der Waals surface area (Å²) in [6.45, 7) is 2.65. The van der Waals surface area contributed by atoms with E-state index >= 15 is 0 Å². The van der Waals surface area contributed by atoms with Crippen molar-refractivity contribution in [2.45, 2.75) is 44.6 Å². The zero-order valence-electron chi connectivity index (χ0n) is 18.3. The van der Waals surface area contributed by atoms with E-state index in [1.165, 1.54) is 11.3 Å². The molecule has 166 valence electrons. The lowest BCUT2D eigenvalue weighted by molar-refractivity contribution is -0.136. The van der Waals surface area contributed by atoms with Crippen molar-refractivity contribution in [1.82, 2.24) is 10.2 Å². The normalized spacial score (nSPS) is 24.6. The van der Waals surface area contributed by atoms with Crippen molar-refractivity contribution >= 4 is 34.9 Å². The Morgan fingerprint density at radius 3 is 2.69 bits per heavy atom. The van der Waals surface area contributed by atoms with Gasteiger partial charge in [0.15, 0.2) is 0 Å². The van der Waals surface area contributed by atoms with Gasteiger partial charge in [-0.3, -0.25) is 14.5 Å². The highest BCUT2D eigenvalue weighted by molar-refractivity contribution is 6.10. The number of carbonyl (C=O) groups is 3. The molecule has 2 N–H and O–H groups in total. The van der Waals surface area contributed by atoms with E-state index in [9.17, 15) is 14.4 Å². The second-order valence-electron chi connectivity index (χ2n) is 9.07. The number of rotatable bonds is 4. The Kier molecular flexibility index (Phi) is 5.12. The third-order valence-corrected chi connectivity index (χ3v) is 7.15. The minimum Gasteiger partial charge on any atom is -0.341 e. The smallest absolute Gasteiger partial charge is 0.325 e. The first-order valence-electron chi connectivity index (χ1n) is 11.4. The lowest BCUT2D eigenvalue weighted by Crippen LogP contribution is -2.54. The Morgan fingerprint density at radius 2 is 1.91 bits per heavy atom. The third kappa shape index (κ3) is 3.42. The molecule has 0 radical (unpaired) electrons. The van der Waals surface area contributed by atoms with Gasteiger partial charge in [-0.05, 0) is 61.1 Å². The molecule has 3 aliphatic rings. The molecular formula is C25H28N4O3. The Labute approximate surface area is 187 Å². The summed E-state index contributed by atoms with van der Waals surface area (Å²) in [7, 11) is 0. The SMILES string of the molecule is CC1CCCCC12NC(=O)N(CC(=O)Nc1ccc(N3CCc4ccccc43)cc1)C2=O. The van der Waals surface area contributed by atoms with Crippen LogP contribution in [-0.4, -0.2) is 41.4 Å². The second-order valence-corrected chi connectivity index (χ2v) is 9.07. The molecule has 0 bridgehead atoms. The molecule has 1 spiro atoms. The number of anilines is 3. The van der Waals surface area contributed by atoms with Gasteiger partial charge in [0.05, 0.1) is 0 Å². The Bertz CT molecular complexity index is 1070. The maximum Gasteiger partial charge on any atom is 0.325 e. The Hall–Kier alpha value is -3.35. The Balaban J connectivity index is 1.23. The van der Waals surface area contributed by atoms with E-state index in [-0.39, 0.29) is 24.3 Å². The highest BCUT2D eigenvalue weighted by Crippen LogP contribution is 2.38. The zero-order valence-corrected chi connectivity index (χ0v) is 18.3. The highest BCUT2D eigenvalue weighted by atomic mass is 16.2. The molecule has 5 rings (SSSR count). The summed E-state index contributed by atoms with van der Waals surface area (Å²) < 4.78 is 0. The molecule has 2 aromatic carbocycles. The van der Waals surface area contributed by atoms with E-state index in [1.807, 2.05) is 37.3 Å². The molecule has 2 aliphatic heterocycles. The molecule has 1 saturated carbocycles. The number of benzene rings is 2. The minimum atomic E-state index is -0.844. The van der Waals surface area contributed by atoms with Crippen molar-refractivity contribution in [3.8, 4) is 0 Å². The van der Waals surface area contributed by atoms with E-state index in [4.69, 9.17) is 0 Å². The van der Waals surface area contributed by atoms with E-state index < -0.39 is 11.6 Å². The summed E-state index contributed by atoms with van der Waals surface area (Å²) in [6, 6.07) is 15.6. The van der Waals surface area contributed by atoms with Crippen LogP contribution in [0.1, 0.15) is 38.2 Å². The number of fused-ring (bicyclic) bond motifs is 1. The number of nitrogens with one attached hydrogen (secondary N) is 2. The van der Waals surface area contributed by atoms with E-state index in [0.29, 0.717) is 12.1 Å². The molecule has 2 unspecified atom stereocenters. The van der Waals surface area contributed by atoms with Crippen LogP contribution in [0.2, 0.25) is 0 Å². The van der Waals surface area contributed by atoms with Gasteiger partial charge < -0.3 is 15.5 Å². The maximum absolute atomic E-state index is 13.0. The van der Waals surface area contributed by atoms with Crippen molar-refractivity contribution in [2.24, 2.45) is 5.92 Å². The van der Waals surface area contributed by atoms with Crippen LogP contribution < -0.4 is 15.5 Å². The van der Waals surface area contributed by atoms with Gasteiger partial charge in [0, 0.05) is 23.6 Å². The Morgan fingerprint density at radius 1 is 1.12 bits per heavy atom. The van der Waals surface area contributed by atoms with Gasteiger partial charge in [-0.2, -0.15) is 0 Å². The van der Waals surface area contributed by atoms with Crippen LogP contribution in [0.3, 0.4) is 0 Å². The fraction of sp³-hybridized carbons (Fsp3) is 0.400. The number of hydrogen-bond donors (Lipinski definition) is 2. The average molecular weight is 433 g/mol. The summed E-state index contributed by atoms with van der Waals surface area (Å²) in [4.78, 5) is 41.5. The lowest BCUT2D eigenvalue weighted by atomic mass is 9.73. The highest BCUT2D eigenvalue weighted by Gasteiger charge is 2.55. The number of para-hydroxylation sites is 1. The monoisotopic (exact) mass is 432 g/mol. The van der Waals surface area contributed by atoms with Crippen LogP contribution in [-0.2, 0) is 16.0 Å². The third-order valence-electron chi connectivity index (χ3n) is 7.15. The molecular weight excluding hydrogens is 404 g/mol. The summed E-state index contributed by atoms with van der Waals surface area (Å²) >= 11 is 0. The number of imide groups is 1. The quantitative estimate of drug-likeness (QED) is 0.720. The van der Waals surface area contributed by atoms with Crippen LogP contribution >= 0.6 is 0 Å². The first-order chi connectivity index (χ1) is 15.5. The van der Waals surface area contributed by atoms with E-state index in [2.05, 4.69) is 33.7 Å². The predicted molar refractivity (Wildman–Crippen MR) is 123 cm³/mol. The first kappa shape index (κ1) is 20.5. The number of amides is 4. The molecule has 7 nitrogen and oxygen atoms in total. The van der Waals surface area contributed by atoms with Crippen LogP contribution in [0.25, 0.3) is 0 Å². The first-order valence-corrected chi connectivity index (χ1v) is 11.4. The fourth-order valence-electron chi connectivity index (χ4n) is 5.31. The minimum absolute atomic E-state index is 0.0732. The van der Waals surface area contributed by atoms with E-state index in [0.717, 1.165) is 42.8 Å². The number of urea groups is 1. The van der Waals surface area contributed by atoms with Crippen molar-refractivity contribution in [2.75, 3.05) is 23.3 Å². The van der Waals surface area contributed by atoms with Crippen molar-refractivity contribution < 1.29 is 14.4 Å². The summed E-state index contributed by atoms with van der Waals surface area (Å²) in [5.74, 6) is -0.579. The summed E-state index contributed by atoms with van der Waals surface area (Å²) in [5.41, 5.74) is 3.41. The molecule has 7 heteroatoms. The average Bonchev–Trinajstić information content (AvgIpc) is 3.32. The van der Waals surface area contributed by atoms with Gasteiger partial charge in [-0.25, -0.2) is 4.79 Å². The van der Waals surface area contributed by atoms with Crippen LogP contribution in [0.4, 0.5) is 21.9 Å². The van der Waals surface area contributed by atoms with Crippen LogP contribution in [0, 0.1) is 5.92 Å². The van der Waals surface area contributed by atoms with Gasteiger partial charge in [-0.15, -0.1) is 0 Å². The summed E-state index contributed by atoms with van der Waals surface area (Å²) in [5, 5.41) is 5.70. The molecule has 2 aromatic rings. The van der Waals surface area contributed by atoms with Gasteiger partial charge in [-0.1, -0.05) is 38.0 Å². The molecule has 2 fully saturated rings. The lowest BCUT2D eigenvalue weighted by Gasteiger charge is -2.36. The van der Waals surface area contributed by atoms with Gasteiger partial charge in [0.25, 0.3) is 5.91 Å². The van der Waals surface area contributed by atoms with Gasteiger partial charge in [0.1, 0.15) is 12.1 Å². The number of nitrogens with zero attached hydrogens (tertiary/aromatic N) is 2. The van der Waals surface area contributed by atoms with E-state index in [1.54, 1.807) is 0 Å². The van der Waals surface area contributed by atoms with Crippen LogP contribution in [0.5, 0.6) is 0 Å². The predicted octanol–water partition coefficient (Wildman–Crippen LogP) is 3.82. The van der Waals surface area contributed by atoms with Gasteiger partial charge in [0.2, 0.25) is 5.91 Å². The van der Waals surface area contributed by atoms with Gasteiger partial charge >= 0.3 is 6.03 Å². The molecule has 0 aromatic heterocycles. The summed E-state index contributed by atoms with van der Waals surface area (Å²) in [6.07, 6.45) is 4.52. The number of carbonyl (C=O) groups excluding carboxylic acids is 3. The molecule has 1 aliphatic carbocycles. The molecule has 1 saturated heterocycles. The van der Waals surface area contributed by atoms with Crippen molar-refractivity contribution in [3.05, 3.63) is 54.1 Å². The maximum atomic E-state index is 13.0. The second kappa shape index (κ2) is 7.97. The van der Waals surface area contributed by atoms with Crippen LogP contribution in [0.15, 0.2) is 48.5 Å². The largest absolute Gasteiger partial charge is 0.341 e. The fourth-order valence-corrected chi connectivity index (χ4v) is 5.31. The molecule has 32 heavy (non-hydrogen) atoms.